The molecule has 2 heteroatoms. The molecule has 0 N–H and O–H groups in total. The van der Waals surface area contributed by atoms with E-state index in [1.807, 2.05) is 0 Å². The Kier molecular flexibility index (Phi) is 2.85. The van der Waals surface area contributed by atoms with Crippen LogP contribution in [0.15, 0.2) is 0 Å². The van der Waals surface area contributed by atoms with Gasteiger partial charge < -0.3 is 0 Å². The summed E-state index contributed by atoms with van der Waals surface area (Å²) in [4.78, 5) is 5.22. The first-order valence-electron chi connectivity index (χ1n) is 6.05. The molecule has 0 aromatic rings. The Morgan fingerprint density at radius 3 is 1.43 bits per heavy atom. The summed E-state index contributed by atoms with van der Waals surface area (Å²) < 4.78 is 0. The molecule has 2 fully saturated rings. The Morgan fingerprint density at radius 2 is 1.07 bits per heavy atom. The van der Waals surface area contributed by atoms with Crippen LogP contribution in [0.2, 0.25) is 0 Å². The molecular formula is C12H24N2. The second kappa shape index (κ2) is 3.82. The number of fused-ring (bicyclic) bond motifs is 1. The van der Waals surface area contributed by atoms with E-state index in [2.05, 4.69) is 37.7 Å². The average molecular weight is 196 g/mol. The van der Waals surface area contributed by atoms with Crippen LogP contribution < -0.4 is 0 Å². The molecule has 82 valence electrons. The monoisotopic (exact) mass is 196 g/mol. The molecule has 0 bridgehead atoms. The van der Waals surface area contributed by atoms with Crippen LogP contribution in [-0.2, 0) is 0 Å². The lowest BCUT2D eigenvalue weighted by molar-refractivity contribution is -0.0147. The van der Waals surface area contributed by atoms with Gasteiger partial charge >= 0.3 is 0 Å². The van der Waals surface area contributed by atoms with Crippen LogP contribution in [0.3, 0.4) is 0 Å². The average Bonchev–Trinajstić information content (AvgIpc) is 2.17. The SMILES string of the molecule is C[C@@H]1CC[C@H]2[C@H](CC[C@@H](C)N2C)N1C. The Hall–Kier alpha value is -0.0800. The maximum atomic E-state index is 2.61. The Labute approximate surface area is 88.3 Å². The minimum Gasteiger partial charge on any atom is -0.299 e. The summed E-state index contributed by atoms with van der Waals surface area (Å²) in [6, 6.07) is 3.22. The zero-order valence-electron chi connectivity index (χ0n) is 10.0. The largest absolute Gasteiger partial charge is 0.299 e. The normalized spacial score (nSPS) is 46.3. The maximum Gasteiger partial charge on any atom is 0.0251 e. The number of hydrogen-bond acceptors (Lipinski definition) is 2. The van der Waals surface area contributed by atoms with Crippen molar-refractivity contribution in [2.24, 2.45) is 0 Å². The predicted molar refractivity (Wildman–Crippen MR) is 60.5 cm³/mol. The summed E-state index contributed by atoms with van der Waals surface area (Å²) in [5.41, 5.74) is 0. The number of rotatable bonds is 0. The molecule has 2 saturated heterocycles. The molecular weight excluding hydrogens is 172 g/mol. The van der Waals surface area contributed by atoms with Crippen molar-refractivity contribution in [2.75, 3.05) is 14.1 Å². The lowest BCUT2D eigenvalue weighted by Gasteiger charge is -2.51. The van der Waals surface area contributed by atoms with E-state index < -0.39 is 0 Å². The lowest BCUT2D eigenvalue weighted by atomic mass is 9.83. The third-order valence-corrected chi connectivity index (χ3v) is 4.64. The highest BCUT2D eigenvalue weighted by molar-refractivity contribution is 4.96. The third kappa shape index (κ3) is 1.59. The van der Waals surface area contributed by atoms with Crippen molar-refractivity contribution >= 4 is 0 Å². The van der Waals surface area contributed by atoms with Crippen molar-refractivity contribution in [3.05, 3.63) is 0 Å². The van der Waals surface area contributed by atoms with Crippen LogP contribution >= 0.6 is 0 Å². The maximum absolute atomic E-state index is 2.61. The van der Waals surface area contributed by atoms with Gasteiger partial charge in [-0.2, -0.15) is 0 Å². The highest BCUT2D eigenvalue weighted by Gasteiger charge is 2.39. The van der Waals surface area contributed by atoms with Crippen LogP contribution in [0, 0.1) is 0 Å². The van der Waals surface area contributed by atoms with Crippen LogP contribution in [0.25, 0.3) is 0 Å². The molecule has 2 aliphatic heterocycles. The molecule has 0 radical (unpaired) electrons. The summed E-state index contributed by atoms with van der Waals surface area (Å²) in [7, 11) is 4.62. The highest BCUT2D eigenvalue weighted by Crippen LogP contribution is 2.33. The number of nitrogens with zero attached hydrogens (tertiary/aromatic N) is 2. The minimum absolute atomic E-state index is 0.790. The van der Waals surface area contributed by atoms with Gasteiger partial charge in [0.05, 0.1) is 0 Å². The molecule has 2 heterocycles. The molecule has 14 heavy (non-hydrogen) atoms. The van der Waals surface area contributed by atoms with Crippen molar-refractivity contribution in [1.29, 1.82) is 0 Å². The number of likely N-dealkylation sites (tertiary alicyclic amines) is 2. The summed E-state index contributed by atoms with van der Waals surface area (Å²) in [6.07, 6.45) is 5.54. The third-order valence-electron chi connectivity index (χ3n) is 4.64. The molecule has 0 spiro atoms. The molecule has 0 aromatic carbocycles. The standard InChI is InChI=1S/C12H24N2/c1-9-5-7-12-11(13(9)3)8-6-10(2)14(12)4/h9-12H,5-8H2,1-4H3/t9-,10-,11+,12+/m1/s1. The second-order valence-electron chi connectivity index (χ2n) is 5.32. The van der Waals surface area contributed by atoms with Crippen molar-refractivity contribution in [3.63, 3.8) is 0 Å². The number of piperidine rings is 2. The van der Waals surface area contributed by atoms with Gasteiger partial charge in [0.2, 0.25) is 0 Å². The quantitative estimate of drug-likeness (QED) is 0.584. The van der Waals surface area contributed by atoms with Crippen LogP contribution in [-0.4, -0.2) is 48.1 Å². The fraction of sp³-hybridized carbons (Fsp3) is 1.00. The minimum atomic E-state index is 0.790. The van der Waals surface area contributed by atoms with E-state index in [-0.39, 0.29) is 0 Å². The molecule has 0 saturated carbocycles. The predicted octanol–water partition coefficient (Wildman–Crippen LogP) is 1.95. The first-order chi connectivity index (χ1) is 6.61. The fourth-order valence-corrected chi connectivity index (χ4v) is 3.22. The smallest absolute Gasteiger partial charge is 0.0251 e. The fourth-order valence-electron chi connectivity index (χ4n) is 3.22. The lowest BCUT2D eigenvalue weighted by Crippen LogP contribution is -2.60. The number of hydrogen-bond donors (Lipinski definition) is 0. The molecule has 2 nitrogen and oxygen atoms in total. The molecule has 0 amide bonds. The van der Waals surface area contributed by atoms with Gasteiger partial charge in [0.25, 0.3) is 0 Å². The zero-order chi connectivity index (χ0) is 10.3. The van der Waals surface area contributed by atoms with Crippen molar-refractivity contribution in [1.82, 2.24) is 9.80 Å². The highest BCUT2D eigenvalue weighted by atomic mass is 15.3. The van der Waals surface area contributed by atoms with Crippen LogP contribution in [0.5, 0.6) is 0 Å². The van der Waals surface area contributed by atoms with Gasteiger partial charge in [0, 0.05) is 24.2 Å². The Morgan fingerprint density at radius 1 is 0.714 bits per heavy atom. The van der Waals surface area contributed by atoms with Gasteiger partial charge in [0.15, 0.2) is 0 Å². The second-order valence-corrected chi connectivity index (χ2v) is 5.32. The molecule has 2 aliphatic rings. The summed E-state index contributed by atoms with van der Waals surface area (Å²) in [5, 5.41) is 0. The first-order valence-corrected chi connectivity index (χ1v) is 6.05. The van der Waals surface area contributed by atoms with E-state index in [4.69, 9.17) is 0 Å². The van der Waals surface area contributed by atoms with Gasteiger partial charge in [-0.15, -0.1) is 0 Å². The van der Waals surface area contributed by atoms with Gasteiger partial charge in [-0.1, -0.05) is 0 Å². The van der Waals surface area contributed by atoms with E-state index in [1.54, 1.807) is 0 Å². The van der Waals surface area contributed by atoms with Crippen LogP contribution in [0.4, 0.5) is 0 Å². The Balaban J connectivity index is 2.10. The molecule has 4 atom stereocenters. The molecule has 0 unspecified atom stereocenters. The van der Waals surface area contributed by atoms with Crippen LogP contribution in [0.1, 0.15) is 39.5 Å². The van der Waals surface area contributed by atoms with E-state index in [9.17, 15) is 0 Å². The topological polar surface area (TPSA) is 6.48 Å². The summed E-state index contributed by atoms with van der Waals surface area (Å²) >= 11 is 0. The van der Waals surface area contributed by atoms with E-state index >= 15 is 0 Å². The van der Waals surface area contributed by atoms with Crippen molar-refractivity contribution in [3.8, 4) is 0 Å². The van der Waals surface area contributed by atoms with E-state index in [1.165, 1.54) is 25.7 Å². The van der Waals surface area contributed by atoms with Crippen molar-refractivity contribution in [2.45, 2.75) is 63.7 Å². The van der Waals surface area contributed by atoms with Gasteiger partial charge in [0.1, 0.15) is 0 Å². The van der Waals surface area contributed by atoms with Gasteiger partial charge in [-0.3, -0.25) is 9.80 Å². The number of likely N-dealkylation sites (N-methyl/N-ethyl adjacent to an activating group) is 2. The Bertz CT molecular complexity index is 182. The van der Waals surface area contributed by atoms with Gasteiger partial charge in [-0.25, -0.2) is 0 Å². The zero-order valence-corrected chi connectivity index (χ0v) is 10.0. The molecule has 2 rings (SSSR count). The summed E-state index contributed by atoms with van der Waals surface area (Å²) in [5.74, 6) is 0. The first kappa shape index (κ1) is 10.4. The summed E-state index contributed by atoms with van der Waals surface area (Å²) in [6.45, 7) is 4.74. The van der Waals surface area contributed by atoms with E-state index in [0.29, 0.717) is 0 Å². The molecule has 0 aromatic heterocycles. The molecule has 0 aliphatic carbocycles. The van der Waals surface area contributed by atoms with E-state index in [0.717, 1.165) is 24.2 Å². The van der Waals surface area contributed by atoms with Crippen molar-refractivity contribution < 1.29 is 0 Å². The van der Waals surface area contributed by atoms with Gasteiger partial charge in [-0.05, 0) is 53.6 Å².